The third-order valence-corrected chi connectivity index (χ3v) is 5.02. The number of thiazole rings is 1. The van der Waals surface area contributed by atoms with Gasteiger partial charge in [0.2, 0.25) is 0 Å². The number of amides is 1. The van der Waals surface area contributed by atoms with Crippen LogP contribution in [0.5, 0.6) is 0 Å². The molecular weight excluding hydrogens is 372 g/mol. The highest BCUT2D eigenvalue weighted by Gasteiger charge is 2.24. The van der Waals surface area contributed by atoms with Crippen molar-refractivity contribution in [2.45, 2.75) is 18.9 Å². The molecular formula is C16H20Cl2FN3OS. The summed E-state index contributed by atoms with van der Waals surface area (Å²) in [5, 5.41) is 3.83. The van der Waals surface area contributed by atoms with Crippen molar-refractivity contribution < 1.29 is 9.18 Å². The predicted molar refractivity (Wildman–Crippen MR) is 100.0 cm³/mol. The molecule has 0 aliphatic carbocycles. The summed E-state index contributed by atoms with van der Waals surface area (Å²) in [5.74, 6) is -0.352. The second kappa shape index (κ2) is 9.32. The van der Waals surface area contributed by atoms with Crippen LogP contribution in [0.15, 0.2) is 30.5 Å². The molecule has 1 aliphatic rings. The average molecular weight is 392 g/mol. The SMILES string of the molecule is CN(C(=O)c1cnc(-c2ccccc2F)s1)C1CCNCC1.Cl.Cl. The molecule has 1 fully saturated rings. The number of nitrogens with zero attached hydrogens (tertiary/aromatic N) is 2. The van der Waals surface area contributed by atoms with Gasteiger partial charge in [0.05, 0.1) is 6.20 Å². The molecule has 0 saturated carbocycles. The van der Waals surface area contributed by atoms with Gasteiger partial charge in [-0.25, -0.2) is 9.37 Å². The van der Waals surface area contributed by atoms with E-state index in [1.807, 2.05) is 7.05 Å². The Hall–Kier alpha value is -1.21. The maximum atomic E-state index is 13.8. The summed E-state index contributed by atoms with van der Waals surface area (Å²) in [6.07, 6.45) is 3.47. The summed E-state index contributed by atoms with van der Waals surface area (Å²) in [7, 11) is 1.83. The normalized spacial score (nSPS) is 14.4. The van der Waals surface area contributed by atoms with Gasteiger partial charge in [0.25, 0.3) is 5.91 Å². The third kappa shape index (κ3) is 4.45. The molecule has 0 unspecified atom stereocenters. The van der Waals surface area contributed by atoms with Crippen molar-refractivity contribution in [2.24, 2.45) is 0 Å². The molecule has 1 aromatic carbocycles. The average Bonchev–Trinajstić information content (AvgIpc) is 3.04. The van der Waals surface area contributed by atoms with Crippen molar-refractivity contribution in [2.75, 3.05) is 20.1 Å². The fourth-order valence-corrected chi connectivity index (χ4v) is 3.59. The predicted octanol–water partition coefficient (Wildman–Crippen LogP) is 3.62. The summed E-state index contributed by atoms with van der Waals surface area (Å²) >= 11 is 1.24. The van der Waals surface area contributed by atoms with E-state index in [0.29, 0.717) is 15.4 Å². The number of piperidine rings is 1. The topological polar surface area (TPSA) is 45.2 Å². The molecule has 0 bridgehead atoms. The highest BCUT2D eigenvalue weighted by molar-refractivity contribution is 7.16. The van der Waals surface area contributed by atoms with E-state index < -0.39 is 0 Å². The number of carbonyl (C=O) groups is 1. The van der Waals surface area contributed by atoms with E-state index in [0.717, 1.165) is 25.9 Å². The lowest BCUT2D eigenvalue weighted by Gasteiger charge is -2.31. The lowest BCUT2D eigenvalue weighted by atomic mass is 10.1. The zero-order valence-corrected chi connectivity index (χ0v) is 15.6. The second-order valence-electron chi connectivity index (χ2n) is 5.41. The van der Waals surface area contributed by atoms with Gasteiger partial charge in [-0.15, -0.1) is 36.2 Å². The Kier molecular flexibility index (Phi) is 8.09. The number of halogens is 3. The minimum Gasteiger partial charge on any atom is -0.338 e. The van der Waals surface area contributed by atoms with Gasteiger partial charge >= 0.3 is 0 Å². The molecule has 1 amide bonds. The van der Waals surface area contributed by atoms with E-state index in [9.17, 15) is 9.18 Å². The lowest BCUT2D eigenvalue weighted by Crippen LogP contribution is -2.43. The Morgan fingerprint density at radius 3 is 2.62 bits per heavy atom. The van der Waals surface area contributed by atoms with Gasteiger partial charge in [-0.1, -0.05) is 12.1 Å². The van der Waals surface area contributed by atoms with Crippen LogP contribution >= 0.6 is 36.2 Å². The smallest absolute Gasteiger partial charge is 0.265 e. The number of benzene rings is 1. The van der Waals surface area contributed by atoms with Gasteiger partial charge in [-0.2, -0.15) is 0 Å². The first-order chi connectivity index (χ1) is 10.7. The first-order valence-electron chi connectivity index (χ1n) is 7.35. The zero-order chi connectivity index (χ0) is 15.5. The highest BCUT2D eigenvalue weighted by atomic mass is 35.5. The van der Waals surface area contributed by atoms with Gasteiger partial charge in [-0.3, -0.25) is 4.79 Å². The Morgan fingerprint density at radius 1 is 1.29 bits per heavy atom. The molecule has 2 aromatic rings. The van der Waals surface area contributed by atoms with Crippen molar-refractivity contribution in [3.63, 3.8) is 0 Å². The highest BCUT2D eigenvalue weighted by Crippen LogP contribution is 2.28. The molecule has 3 rings (SSSR count). The molecule has 24 heavy (non-hydrogen) atoms. The maximum absolute atomic E-state index is 13.8. The van der Waals surface area contributed by atoms with Crippen LogP contribution in [0.25, 0.3) is 10.6 Å². The van der Waals surface area contributed by atoms with Crippen LogP contribution in [0.3, 0.4) is 0 Å². The number of carbonyl (C=O) groups excluding carboxylic acids is 1. The first kappa shape index (κ1) is 20.8. The summed E-state index contributed by atoms with van der Waals surface area (Å²) < 4.78 is 13.8. The quantitative estimate of drug-likeness (QED) is 0.868. The number of hydrogen-bond acceptors (Lipinski definition) is 4. The maximum Gasteiger partial charge on any atom is 0.265 e. The fraction of sp³-hybridized carbons (Fsp3) is 0.375. The van der Waals surface area contributed by atoms with Crippen LogP contribution in [0.1, 0.15) is 22.5 Å². The van der Waals surface area contributed by atoms with Crippen LogP contribution in [0, 0.1) is 5.82 Å². The van der Waals surface area contributed by atoms with Crippen LogP contribution in [0.2, 0.25) is 0 Å². The molecule has 0 radical (unpaired) electrons. The van der Waals surface area contributed by atoms with Crippen LogP contribution in [0.4, 0.5) is 4.39 Å². The Labute approximate surface area is 157 Å². The number of rotatable bonds is 3. The van der Waals surface area contributed by atoms with E-state index in [1.165, 1.54) is 17.4 Å². The molecule has 2 heterocycles. The molecule has 8 heteroatoms. The minimum absolute atomic E-state index is 0. The second-order valence-corrected chi connectivity index (χ2v) is 6.44. The molecule has 4 nitrogen and oxygen atoms in total. The molecule has 1 N–H and O–H groups in total. The van der Waals surface area contributed by atoms with Crippen molar-refractivity contribution >= 4 is 42.1 Å². The largest absolute Gasteiger partial charge is 0.338 e. The molecule has 132 valence electrons. The Balaban J connectivity index is 0.00000144. The van der Waals surface area contributed by atoms with E-state index >= 15 is 0 Å². The monoisotopic (exact) mass is 391 g/mol. The van der Waals surface area contributed by atoms with Crippen molar-refractivity contribution in [1.29, 1.82) is 0 Å². The molecule has 1 aromatic heterocycles. The first-order valence-corrected chi connectivity index (χ1v) is 8.17. The summed E-state index contributed by atoms with van der Waals surface area (Å²) in [6.45, 7) is 1.87. The summed E-state index contributed by atoms with van der Waals surface area (Å²) in [4.78, 5) is 19.1. The van der Waals surface area contributed by atoms with Gasteiger partial charge in [0, 0.05) is 18.7 Å². The van der Waals surface area contributed by atoms with E-state index in [1.54, 1.807) is 29.3 Å². The number of aromatic nitrogens is 1. The summed E-state index contributed by atoms with van der Waals surface area (Å²) in [5.41, 5.74) is 0.441. The summed E-state index contributed by atoms with van der Waals surface area (Å²) in [6, 6.07) is 6.75. The zero-order valence-electron chi connectivity index (χ0n) is 13.2. The van der Waals surface area contributed by atoms with Crippen LogP contribution in [-0.2, 0) is 0 Å². The van der Waals surface area contributed by atoms with E-state index in [-0.39, 0.29) is 42.6 Å². The Morgan fingerprint density at radius 2 is 1.96 bits per heavy atom. The van der Waals surface area contributed by atoms with Gasteiger partial charge in [0.15, 0.2) is 0 Å². The molecule has 1 saturated heterocycles. The van der Waals surface area contributed by atoms with Crippen LogP contribution < -0.4 is 5.32 Å². The molecule has 0 atom stereocenters. The van der Waals surface area contributed by atoms with Gasteiger partial charge in [-0.05, 0) is 38.1 Å². The van der Waals surface area contributed by atoms with Crippen molar-refractivity contribution in [3.05, 3.63) is 41.2 Å². The fourth-order valence-electron chi connectivity index (χ4n) is 2.67. The van der Waals surface area contributed by atoms with E-state index in [2.05, 4.69) is 10.3 Å². The van der Waals surface area contributed by atoms with Crippen molar-refractivity contribution in [3.8, 4) is 10.6 Å². The lowest BCUT2D eigenvalue weighted by molar-refractivity contribution is 0.0708. The van der Waals surface area contributed by atoms with Gasteiger partial charge < -0.3 is 10.2 Å². The van der Waals surface area contributed by atoms with Crippen LogP contribution in [-0.4, -0.2) is 42.0 Å². The van der Waals surface area contributed by atoms with E-state index in [4.69, 9.17) is 0 Å². The standard InChI is InChI=1S/C16H18FN3OS.2ClH/c1-20(11-6-8-18-9-7-11)16(21)14-10-19-15(22-14)12-4-2-3-5-13(12)17;;/h2-5,10-11,18H,6-9H2,1H3;2*1H. The Bertz CT molecular complexity index is 677. The number of nitrogens with one attached hydrogen (secondary N) is 1. The van der Waals surface area contributed by atoms with Crippen molar-refractivity contribution in [1.82, 2.24) is 15.2 Å². The molecule has 0 spiro atoms. The van der Waals surface area contributed by atoms with Gasteiger partial charge in [0.1, 0.15) is 15.7 Å². The molecule has 1 aliphatic heterocycles. The third-order valence-electron chi connectivity index (χ3n) is 4.00. The number of hydrogen-bond donors (Lipinski definition) is 1. The minimum atomic E-state index is -0.317.